The monoisotopic (exact) mass is 466 g/mol. The van der Waals surface area contributed by atoms with Gasteiger partial charge in [-0.2, -0.15) is 0 Å². The summed E-state index contributed by atoms with van der Waals surface area (Å²) >= 11 is 0. The number of hydrogen-bond acceptors (Lipinski definition) is 4. The molecule has 34 heavy (non-hydrogen) atoms. The van der Waals surface area contributed by atoms with E-state index < -0.39 is 0 Å². The molecule has 2 aromatic rings. The molecule has 1 aliphatic rings. The van der Waals surface area contributed by atoms with Crippen LogP contribution in [0.3, 0.4) is 0 Å². The van der Waals surface area contributed by atoms with Gasteiger partial charge in [0.25, 0.3) is 0 Å². The Morgan fingerprint density at radius 2 is 1.59 bits per heavy atom. The van der Waals surface area contributed by atoms with Crippen LogP contribution in [0.1, 0.15) is 94.2 Å². The van der Waals surface area contributed by atoms with Crippen LogP contribution < -0.4 is 5.32 Å². The molecule has 0 radical (unpaired) electrons. The number of nitrogens with one attached hydrogen (secondary N) is 1. The SMILES string of the molecule is Cc1cc(C)c(O)c(CNCC2CCCCN2Cc2cc(C(C)(C)C)cc(C(C)(C)C)c2O)c1. The van der Waals surface area contributed by atoms with Gasteiger partial charge < -0.3 is 15.5 Å². The molecule has 3 rings (SSSR count). The summed E-state index contributed by atoms with van der Waals surface area (Å²) in [6.45, 7) is 20.6. The van der Waals surface area contributed by atoms with Crippen molar-refractivity contribution in [3.63, 3.8) is 0 Å². The normalized spacial score (nSPS) is 17.8. The van der Waals surface area contributed by atoms with E-state index in [0.717, 1.165) is 48.3 Å². The summed E-state index contributed by atoms with van der Waals surface area (Å²) in [5.74, 6) is 0.857. The zero-order valence-electron chi connectivity index (χ0n) is 22.7. The first kappa shape index (κ1) is 26.6. The fourth-order valence-electron chi connectivity index (χ4n) is 5.09. The van der Waals surface area contributed by atoms with E-state index in [4.69, 9.17) is 0 Å². The van der Waals surface area contributed by atoms with E-state index in [1.807, 2.05) is 13.0 Å². The highest BCUT2D eigenvalue weighted by atomic mass is 16.3. The number of benzene rings is 2. The quantitative estimate of drug-likeness (QED) is 0.458. The van der Waals surface area contributed by atoms with Gasteiger partial charge in [-0.05, 0) is 60.8 Å². The third kappa shape index (κ3) is 6.34. The maximum absolute atomic E-state index is 11.3. The Labute approximate surface area is 207 Å². The van der Waals surface area contributed by atoms with E-state index >= 15 is 0 Å². The summed E-state index contributed by atoms with van der Waals surface area (Å²) in [5, 5.41) is 25.3. The molecule has 0 saturated carbocycles. The molecule has 1 aliphatic heterocycles. The van der Waals surface area contributed by atoms with Gasteiger partial charge >= 0.3 is 0 Å². The van der Waals surface area contributed by atoms with Gasteiger partial charge in [0.05, 0.1) is 0 Å². The summed E-state index contributed by atoms with van der Waals surface area (Å²) in [6.07, 6.45) is 3.58. The van der Waals surface area contributed by atoms with Gasteiger partial charge in [0.1, 0.15) is 11.5 Å². The second-order valence-corrected chi connectivity index (χ2v) is 12.4. The molecule has 2 aromatic carbocycles. The van der Waals surface area contributed by atoms with Crippen molar-refractivity contribution in [1.82, 2.24) is 10.2 Å². The summed E-state index contributed by atoms with van der Waals surface area (Å²) < 4.78 is 0. The average molecular weight is 467 g/mol. The predicted molar refractivity (Wildman–Crippen MR) is 143 cm³/mol. The Morgan fingerprint density at radius 3 is 2.24 bits per heavy atom. The highest BCUT2D eigenvalue weighted by Gasteiger charge is 2.28. The smallest absolute Gasteiger partial charge is 0.123 e. The maximum atomic E-state index is 11.3. The third-order valence-electron chi connectivity index (χ3n) is 7.20. The standard InChI is InChI=1S/C30H46N2O2/c1-20-13-21(2)27(33)22(14-20)17-31-18-25-11-9-10-12-32(25)19-23-15-24(29(3,4)5)16-26(28(23)34)30(6,7)8/h13-16,25,31,33-34H,9-12,17-19H2,1-8H3. The summed E-state index contributed by atoms with van der Waals surface area (Å²) in [6, 6.07) is 8.92. The first-order chi connectivity index (χ1) is 15.8. The van der Waals surface area contributed by atoms with Gasteiger partial charge in [0, 0.05) is 36.8 Å². The molecule has 0 aliphatic carbocycles. The second-order valence-electron chi connectivity index (χ2n) is 12.4. The van der Waals surface area contributed by atoms with E-state index in [0.29, 0.717) is 24.1 Å². The Kier molecular flexibility index (Phi) is 8.04. The predicted octanol–water partition coefficient (Wildman–Crippen LogP) is 6.45. The highest BCUT2D eigenvalue weighted by molar-refractivity contribution is 5.49. The van der Waals surface area contributed by atoms with Crippen LogP contribution in [0.2, 0.25) is 0 Å². The van der Waals surface area contributed by atoms with Crippen LogP contribution in [-0.4, -0.2) is 34.2 Å². The highest BCUT2D eigenvalue weighted by Crippen LogP contribution is 2.38. The first-order valence-corrected chi connectivity index (χ1v) is 12.9. The minimum atomic E-state index is -0.114. The van der Waals surface area contributed by atoms with Crippen molar-refractivity contribution in [1.29, 1.82) is 0 Å². The van der Waals surface area contributed by atoms with Crippen LogP contribution >= 0.6 is 0 Å². The molecule has 0 bridgehead atoms. The maximum Gasteiger partial charge on any atom is 0.123 e. The molecule has 3 N–H and O–H groups in total. The molecule has 1 heterocycles. The molecule has 1 atom stereocenters. The van der Waals surface area contributed by atoms with Gasteiger partial charge in [0.15, 0.2) is 0 Å². The zero-order chi connectivity index (χ0) is 25.3. The Bertz CT molecular complexity index is 998. The minimum absolute atomic E-state index is 0.0270. The molecule has 188 valence electrons. The van der Waals surface area contributed by atoms with Crippen LogP contribution in [0.25, 0.3) is 0 Å². The lowest BCUT2D eigenvalue weighted by Gasteiger charge is -2.37. The van der Waals surface area contributed by atoms with Gasteiger partial charge in [0.2, 0.25) is 0 Å². The van der Waals surface area contributed by atoms with E-state index in [1.165, 1.54) is 24.0 Å². The number of phenolic OH excluding ortho intramolecular Hbond substituents is 2. The molecule has 1 saturated heterocycles. The van der Waals surface area contributed by atoms with Gasteiger partial charge in [-0.25, -0.2) is 0 Å². The van der Waals surface area contributed by atoms with Gasteiger partial charge in [-0.15, -0.1) is 0 Å². The van der Waals surface area contributed by atoms with Crippen molar-refractivity contribution < 1.29 is 10.2 Å². The van der Waals surface area contributed by atoms with Crippen molar-refractivity contribution >= 4 is 0 Å². The number of aryl methyl sites for hydroxylation is 2. The molecule has 4 nitrogen and oxygen atoms in total. The first-order valence-electron chi connectivity index (χ1n) is 12.9. The van der Waals surface area contributed by atoms with Crippen LogP contribution in [0.4, 0.5) is 0 Å². The number of likely N-dealkylation sites (tertiary alicyclic amines) is 1. The van der Waals surface area contributed by atoms with E-state index in [1.54, 1.807) is 0 Å². The molecule has 0 spiro atoms. The van der Waals surface area contributed by atoms with Gasteiger partial charge in [-0.3, -0.25) is 4.90 Å². The lowest BCUT2D eigenvalue weighted by molar-refractivity contribution is 0.136. The number of piperidine rings is 1. The fourth-order valence-corrected chi connectivity index (χ4v) is 5.09. The molecule has 1 fully saturated rings. The number of aromatic hydroxyl groups is 2. The number of hydrogen-bond donors (Lipinski definition) is 3. The Balaban J connectivity index is 1.78. The fraction of sp³-hybridized carbons (Fsp3) is 0.600. The van der Waals surface area contributed by atoms with E-state index in [2.05, 4.69) is 76.9 Å². The number of rotatable bonds is 6. The summed E-state index contributed by atoms with van der Waals surface area (Å²) in [7, 11) is 0. The van der Waals surface area contributed by atoms with Crippen LogP contribution in [-0.2, 0) is 23.9 Å². The topological polar surface area (TPSA) is 55.7 Å². The van der Waals surface area contributed by atoms with Crippen molar-refractivity contribution in [2.45, 2.75) is 105 Å². The third-order valence-corrected chi connectivity index (χ3v) is 7.20. The average Bonchev–Trinajstić information content (AvgIpc) is 2.72. The zero-order valence-corrected chi connectivity index (χ0v) is 22.7. The Morgan fingerprint density at radius 1 is 0.882 bits per heavy atom. The van der Waals surface area contributed by atoms with E-state index in [-0.39, 0.29) is 10.8 Å². The minimum Gasteiger partial charge on any atom is -0.507 e. The largest absolute Gasteiger partial charge is 0.507 e. The molecular weight excluding hydrogens is 420 g/mol. The summed E-state index contributed by atoms with van der Waals surface area (Å²) in [4.78, 5) is 2.53. The lowest BCUT2D eigenvalue weighted by Crippen LogP contribution is -2.44. The molecule has 1 unspecified atom stereocenters. The van der Waals surface area contributed by atoms with Crippen molar-refractivity contribution in [3.8, 4) is 11.5 Å². The molecule has 0 amide bonds. The van der Waals surface area contributed by atoms with Gasteiger partial charge in [-0.1, -0.05) is 77.8 Å². The number of phenols is 2. The van der Waals surface area contributed by atoms with E-state index in [9.17, 15) is 10.2 Å². The lowest BCUT2D eigenvalue weighted by atomic mass is 9.78. The van der Waals surface area contributed by atoms with Crippen molar-refractivity contribution in [2.75, 3.05) is 13.1 Å². The van der Waals surface area contributed by atoms with Crippen molar-refractivity contribution in [2.24, 2.45) is 0 Å². The van der Waals surface area contributed by atoms with Crippen LogP contribution in [0, 0.1) is 13.8 Å². The molecule has 0 aromatic heterocycles. The molecular formula is C30H46N2O2. The molecule has 4 heteroatoms. The van der Waals surface area contributed by atoms with Crippen molar-refractivity contribution in [3.05, 3.63) is 57.6 Å². The summed E-state index contributed by atoms with van der Waals surface area (Å²) in [5.41, 5.74) is 6.33. The Hall–Kier alpha value is -2.04. The second kappa shape index (κ2) is 10.3. The number of nitrogens with zero attached hydrogens (tertiary/aromatic N) is 1. The van der Waals surface area contributed by atoms with Crippen LogP contribution in [0.5, 0.6) is 11.5 Å². The van der Waals surface area contributed by atoms with Crippen LogP contribution in [0.15, 0.2) is 24.3 Å².